The summed E-state index contributed by atoms with van der Waals surface area (Å²) in [7, 11) is 0. The maximum absolute atomic E-state index is 11.8. The van der Waals surface area contributed by atoms with Crippen LogP contribution in [0.1, 0.15) is 20.7 Å². The number of phenolic OH excluding ortho intramolecular Hbond substituents is 2. The van der Waals surface area contributed by atoms with Gasteiger partial charge in [-0.3, -0.25) is 9.59 Å². The quantitative estimate of drug-likeness (QED) is 0.603. The summed E-state index contributed by atoms with van der Waals surface area (Å²) in [6.45, 7) is -0.633. The molecule has 2 amide bonds. The predicted molar refractivity (Wildman–Crippen MR) is 83.6 cm³/mol. The lowest BCUT2D eigenvalue weighted by atomic mass is 10.1. The monoisotopic (exact) mass is 330 g/mol. The van der Waals surface area contributed by atoms with Gasteiger partial charge in [-0.2, -0.15) is 0 Å². The van der Waals surface area contributed by atoms with Crippen LogP contribution in [-0.4, -0.2) is 34.6 Å². The first-order valence-electron chi connectivity index (χ1n) is 6.76. The Labute approximate surface area is 136 Å². The highest BCUT2D eigenvalue weighted by Gasteiger charge is 2.16. The molecular formula is C16H14N2O6. The van der Waals surface area contributed by atoms with Crippen LogP contribution in [-0.2, 0) is 9.53 Å². The summed E-state index contributed by atoms with van der Waals surface area (Å²) in [5.41, 5.74) is 5.31. The number of primary amides is 1. The average molecular weight is 330 g/mol. The Balaban J connectivity index is 1.99. The molecule has 0 unspecified atom stereocenters. The highest BCUT2D eigenvalue weighted by atomic mass is 16.5. The van der Waals surface area contributed by atoms with E-state index in [9.17, 15) is 19.5 Å². The van der Waals surface area contributed by atoms with Crippen molar-refractivity contribution in [1.82, 2.24) is 0 Å². The number of benzene rings is 2. The predicted octanol–water partition coefficient (Wildman–Crippen LogP) is 0.992. The molecule has 0 radical (unpaired) electrons. The number of nitrogens with two attached hydrogens (primary N) is 1. The van der Waals surface area contributed by atoms with Crippen LogP contribution >= 0.6 is 0 Å². The Morgan fingerprint density at radius 2 is 1.75 bits per heavy atom. The van der Waals surface area contributed by atoms with Gasteiger partial charge in [0.25, 0.3) is 11.8 Å². The summed E-state index contributed by atoms with van der Waals surface area (Å²) in [5.74, 6) is -3.03. The summed E-state index contributed by atoms with van der Waals surface area (Å²) < 4.78 is 4.77. The lowest BCUT2D eigenvalue weighted by molar-refractivity contribution is -0.119. The number of carbonyl (C=O) groups excluding carboxylic acids is 3. The number of rotatable bonds is 5. The molecular weight excluding hydrogens is 316 g/mol. The Morgan fingerprint density at radius 1 is 1.04 bits per heavy atom. The van der Waals surface area contributed by atoms with E-state index in [4.69, 9.17) is 15.6 Å². The molecule has 0 bridgehead atoms. The van der Waals surface area contributed by atoms with Crippen molar-refractivity contribution in [3.8, 4) is 11.5 Å². The van der Waals surface area contributed by atoms with Crippen LogP contribution in [0.15, 0.2) is 42.5 Å². The molecule has 0 fully saturated rings. The van der Waals surface area contributed by atoms with Gasteiger partial charge in [-0.1, -0.05) is 12.1 Å². The van der Waals surface area contributed by atoms with E-state index < -0.39 is 30.1 Å². The number of amides is 2. The molecule has 8 nitrogen and oxygen atoms in total. The summed E-state index contributed by atoms with van der Waals surface area (Å²) in [4.78, 5) is 34.9. The van der Waals surface area contributed by atoms with Crippen molar-refractivity contribution >= 4 is 23.5 Å². The van der Waals surface area contributed by atoms with Crippen LogP contribution in [0.5, 0.6) is 11.5 Å². The lowest BCUT2D eigenvalue weighted by Gasteiger charge is -2.09. The number of carbonyl (C=O) groups is 3. The van der Waals surface area contributed by atoms with E-state index in [0.717, 1.165) is 12.1 Å². The van der Waals surface area contributed by atoms with Gasteiger partial charge in [-0.25, -0.2) is 4.79 Å². The molecule has 8 heteroatoms. The van der Waals surface area contributed by atoms with Gasteiger partial charge in [-0.05, 0) is 24.3 Å². The largest absolute Gasteiger partial charge is 0.508 e. The number of aromatic hydroxyl groups is 2. The fourth-order valence-corrected chi connectivity index (χ4v) is 1.89. The molecule has 5 N–H and O–H groups in total. The number of esters is 1. The maximum atomic E-state index is 11.8. The summed E-state index contributed by atoms with van der Waals surface area (Å²) in [5, 5.41) is 21.1. The van der Waals surface area contributed by atoms with Gasteiger partial charge in [0.05, 0.1) is 11.3 Å². The third-order valence-electron chi connectivity index (χ3n) is 3.00. The van der Waals surface area contributed by atoms with Crippen molar-refractivity contribution < 1.29 is 29.3 Å². The summed E-state index contributed by atoms with van der Waals surface area (Å²) in [6.07, 6.45) is 0. The van der Waals surface area contributed by atoms with Crippen LogP contribution in [0, 0.1) is 0 Å². The molecule has 2 aromatic carbocycles. The third-order valence-corrected chi connectivity index (χ3v) is 3.00. The lowest BCUT2D eigenvalue weighted by Crippen LogP contribution is -2.23. The highest BCUT2D eigenvalue weighted by Crippen LogP contribution is 2.23. The minimum Gasteiger partial charge on any atom is -0.508 e. The van der Waals surface area contributed by atoms with Crippen LogP contribution in [0.25, 0.3) is 0 Å². The fourth-order valence-electron chi connectivity index (χ4n) is 1.89. The van der Waals surface area contributed by atoms with Gasteiger partial charge in [-0.15, -0.1) is 0 Å². The zero-order chi connectivity index (χ0) is 17.7. The number of anilines is 1. The molecule has 0 heterocycles. The topological polar surface area (TPSA) is 139 Å². The van der Waals surface area contributed by atoms with Crippen LogP contribution in [0.3, 0.4) is 0 Å². The molecule has 0 saturated heterocycles. The minimum atomic E-state index is -0.939. The van der Waals surface area contributed by atoms with Gasteiger partial charge in [0.1, 0.15) is 17.1 Å². The first-order valence-corrected chi connectivity index (χ1v) is 6.76. The SMILES string of the molecule is NC(=O)c1ccccc1NC(=O)COC(=O)c1ccc(O)cc1O. The second kappa shape index (κ2) is 7.14. The molecule has 2 rings (SSSR count). The second-order valence-electron chi connectivity index (χ2n) is 4.74. The zero-order valence-corrected chi connectivity index (χ0v) is 12.4. The van der Waals surface area contributed by atoms with E-state index in [2.05, 4.69) is 5.32 Å². The van der Waals surface area contributed by atoms with E-state index in [1.807, 2.05) is 0 Å². The molecule has 2 aromatic rings. The summed E-state index contributed by atoms with van der Waals surface area (Å²) >= 11 is 0. The van der Waals surface area contributed by atoms with Gasteiger partial charge >= 0.3 is 5.97 Å². The third kappa shape index (κ3) is 4.01. The minimum absolute atomic E-state index is 0.119. The number of hydrogen-bond acceptors (Lipinski definition) is 6. The number of hydrogen-bond donors (Lipinski definition) is 4. The maximum Gasteiger partial charge on any atom is 0.342 e. The highest BCUT2D eigenvalue weighted by molar-refractivity contribution is 6.03. The normalized spacial score (nSPS) is 10.0. The van der Waals surface area contributed by atoms with Crippen molar-refractivity contribution in [2.24, 2.45) is 5.73 Å². The first kappa shape index (κ1) is 16.8. The Hall–Kier alpha value is -3.55. The van der Waals surface area contributed by atoms with Crippen molar-refractivity contribution in [1.29, 1.82) is 0 Å². The van der Waals surface area contributed by atoms with Crippen molar-refractivity contribution in [2.75, 3.05) is 11.9 Å². The Bertz CT molecular complexity index is 803. The molecule has 0 aliphatic rings. The van der Waals surface area contributed by atoms with Gasteiger partial charge < -0.3 is 26.0 Å². The van der Waals surface area contributed by atoms with Crippen molar-refractivity contribution in [3.63, 3.8) is 0 Å². The van der Waals surface area contributed by atoms with Crippen LogP contribution < -0.4 is 11.1 Å². The molecule has 24 heavy (non-hydrogen) atoms. The molecule has 124 valence electrons. The first-order chi connectivity index (χ1) is 11.4. The Morgan fingerprint density at radius 3 is 2.42 bits per heavy atom. The molecule has 0 saturated carbocycles. The van der Waals surface area contributed by atoms with E-state index in [1.54, 1.807) is 12.1 Å². The number of ether oxygens (including phenoxy) is 1. The van der Waals surface area contributed by atoms with Crippen molar-refractivity contribution in [3.05, 3.63) is 53.6 Å². The molecule has 0 atom stereocenters. The van der Waals surface area contributed by atoms with Crippen molar-refractivity contribution in [2.45, 2.75) is 0 Å². The number of nitrogens with one attached hydrogen (secondary N) is 1. The fraction of sp³-hybridized carbons (Fsp3) is 0.0625. The number of phenols is 2. The standard InChI is InChI=1S/C16H14N2O6/c17-15(22)10-3-1-2-4-12(10)18-14(21)8-24-16(23)11-6-5-9(19)7-13(11)20/h1-7,19-20H,8H2,(H2,17,22)(H,18,21). The van der Waals surface area contributed by atoms with E-state index in [0.29, 0.717) is 0 Å². The van der Waals surface area contributed by atoms with Crippen LogP contribution in [0.2, 0.25) is 0 Å². The zero-order valence-electron chi connectivity index (χ0n) is 12.4. The van der Waals surface area contributed by atoms with Gasteiger partial charge in [0.15, 0.2) is 6.61 Å². The van der Waals surface area contributed by atoms with E-state index in [-0.39, 0.29) is 22.6 Å². The molecule has 0 spiro atoms. The molecule has 0 aliphatic heterocycles. The Kier molecular flexibility index (Phi) is 5.00. The molecule has 0 aliphatic carbocycles. The van der Waals surface area contributed by atoms with E-state index in [1.165, 1.54) is 18.2 Å². The van der Waals surface area contributed by atoms with Gasteiger partial charge in [0.2, 0.25) is 0 Å². The smallest absolute Gasteiger partial charge is 0.342 e. The molecule has 0 aromatic heterocycles. The van der Waals surface area contributed by atoms with Gasteiger partial charge in [0, 0.05) is 6.07 Å². The number of para-hydroxylation sites is 1. The van der Waals surface area contributed by atoms with Crippen LogP contribution in [0.4, 0.5) is 5.69 Å². The van der Waals surface area contributed by atoms with E-state index >= 15 is 0 Å². The average Bonchev–Trinajstić information content (AvgIpc) is 2.53. The second-order valence-corrected chi connectivity index (χ2v) is 4.74. The summed E-state index contributed by atoms with van der Waals surface area (Å²) in [6, 6.07) is 9.43.